The minimum absolute atomic E-state index is 0.102. The first-order valence-electron chi connectivity index (χ1n) is 13.0. The topological polar surface area (TPSA) is 53.5 Å². The Hall–Kier alpha value is -4.39. The van der Waals surface area contributed by atoms with Crippen LogP contribution in [0.15, 0.2) is 94.9 Å². The number of aromatic nitrogens is 1. The van der Waals surface area contributed by atoms with Crippen LogP contribution in [0.4, 0.5) is 5.13 Å². The molecule has 0 saturated carbocycles. The van der Waals surface area contributed by atoms with Crippen molar-refractivity contribution >= 4 is 28.3 Å². The molecule has 1 saturated heterocycles. The Bertz CT molecular complexity index is 1560. The lowest BCUT2D eigenvalue weighted by Crippen LogP contribution is -2.29. The van der Waals surface area contributed by atoms with Gasteiger partial charge in [-0.1, -0.05) is 72.0 Å². The number of thiazole rings is 1. The highest BCUT2D eigenvalue weighted by Crippen LogP contribution is 2.46. The molecule has 0 spiro atoms. The third-order valence-electron chi connectivity index (χ3n) is 7.17. The number of nitriles is 1. The molecule has 3 aliphatic rings. The van der Waals surface area contributed by atoms with E-state index in [1.807, 2.05) is 54.6 Å². The molecule has 1 aliphatic carbocycles. The Labute approximate surface area is 227 Å². The Morgan fingerprint density at radius 2 is 1.71 bits per heavy atom. The van der Waals surface area contributed by atoms with Crippen LogP contribution >= 0.6 is 11.3 Å². The fourth-order valence-electron chi connectivity index (χ4n) is 5.26. The van der Waals surface area contributed by atoms with E-state index in [0.29, 0.717) is 11.3 Å². The fourth-order valence-corrected chi connectivity index (χ4v) is 6.37. The SMILES string of the molecule is [C-]#[N+]/C(C#N)=C1\C=C(c2ccccc2)OC2=C1CC/C2=C\c1sc(N2CCCCC2)nc1-c1ccccc1. The van der Waals surface area contributed by atoms with E-state index in [1.165, 1.54) is 19.3 Å². The molecule has 3 heterocycles. The van der Waals surface area contributed by atoms with E-state index in [2.05, 4.69) is 34.0 Å². The van der Waals surface area contributed by atoms with E-state index in [0.717, 1.165) is 69.7 Å². The Morgan fingerprint density at radius 3 is 2.39 bits per heavy atom. The summed E-state index contributed by atoms with van der Waals surface area (Å²) >= 11 is 1.73. The quantitative estimate of drug-likeness (QED) is 0.261. The zero-order valence-corrected chi connectivity index (χ0v) is 21.8. The van der Waals surface area contributed by atoms with Crippen LogP contribution in [0.5, 0.6) is 0 Å². The van der Waals surface area contributed by atoms with Gasteiger partial charge < -0.3 is 9.64 Å². The lowest BCUT2D eigenvalue weighted by molar-refractivity contribution is 0.388. The fraction of sp³-hybridized carbons (Fsp3) is 0.219. The van der Waals surface area contributed by atoms with Crippen molar-refractivity contribution in [1.82, 2.24) is 4.98 Å². The molecule has 0 amide bonds. The molecule has 0 bridgehead atoms. The summed E-state index contributed by atoms with van der Waals surface area (Å²) < 4.78 is 6.52. The van der Waals surface area contributed by atoms with Gasteiger partial charge in [-0.2, -0.15) is 0 Å². The second-order valence-corrected chi connectivity index (χ2v) is 10.6. The average molecular weight is 515 g/mol. The molecule has 1 fully saturated rings. The maximum Gasteiger partial charge on any atom is 0.269 e. The first-order valence-corrected chi connectivity index (χ1v) is 13.8. The summed E-state index contributed by atoms with van der Waals surface area (Å²) in [6, 6.07) is 22.3. The number of piperidine rings is 1. The predicted octanol–water partition coefficient (Wildman–Crippen LogP) is 8.00. The molecule has 0 radical (unpaired) electrons. The van der Waals surface area contributed by atoms with E-state index in [1.54, 1.807) is 11.3 Å². The summed E-state index contributed by atoms with van der Waals surface area (Å²) in [6.45, 7) is 9.69. The number of hydrogen-bond acceptors (Lipinski definition) is 5. The van der Waals surface area contributed by atoms with Gasteiger partial charge in [0.2, 0.25) is 0 Å². The Balaban J connectivity index is 1.45. The van der Waals surface area contributed by atoms with Crippen molar-refractivity contribution in [3.05, 3.63) is 117 Å². The first kappa shape index (κ1) is 24.0. The van der Waals surface area contributed by atoms with E-state index in [4.69, 9.17) is 16.3 Å². The molecular weight excluding hydrogens is 488 g/mol. The number of hydrogen-bond donors (Lipinski definition) is 0. The van der Waals surface area contributed by atoms with Gasteiger partial charge in [0.25, 0.3) is 5.70 Å². The van der Waals surface area contributed by atoms with Crippen molar-refractivity contribution in [2.24, 2.45) is 0 Å². The van der Waals surface area contributed by atoms with Crippen molar-refractivity contribution in [1.29, 1.82) is 5.26 Å². The molecule has 2 aromatic carbocycles. The van der Waals surface area contributed by atoms with Gasteiger partial charge in [0, 0.05) is 29.8 Å². The van der Waals surface area contributed by atoms with Gasteiger partial charge in [-0.05, 0) is 55.4 Å². The van der Waals surface area contributed by atoms with Crippen molar-refractivity contribution < 1.29 is 4.74 Å². The zero-order valence-electron chi connectivity index (χ0n) is 21.0. The van der Waals surface area contributed by atoms with Crippen LogP contribution in [-0.2, 0) is 4.74 Å². The molecule has 2 aliphatic heterocycles. The second-order valence-electron chi connectivity index (χ2n) is 9.56. The number of rotatable bonds is 4. The minimum Gasteiger partial charge on any atom is -0.456 e. The summed E-state index contributed by atoms with van der Waals surface area (Å²) in [5.41, 5.74) is 5.79. The summed E-state index contributed by atoms with van der Waals surface area (Å²) in [5.74, 6) is 1.43. The maximum atomic E-state index is 9.71. The normalized spacial score (nSPS) is 19.4. The van der Waals surface area contributed by atoms with Gasteiger partial charge in [0.1, 0.15) is 11.5 Å². The van der Waals surface area contributed by atoms with Crippen LogP contribution in [0.3, 0.4) is 0 Å². The summed E-state index contributed by atoms with van der Waals surface area (Å²) in [4.78, 5) is 12.2. The lowest BCUT2D eigenvalue weighted by Gasteiger charge is -2.25. The predicted molar refractivity (Wildman–Crippen MR) is 153 cm³/mol. The smallest absolute Gasteiger partial charge is 0.269 e. The van der Waals surface area contributed by atoms with E-state index in [9.17, 15) is 5.26 Å². The maximum absolute atomic E-state index is 9.71. The average Bonchev–Trinajstić information content (AvgIpc) is 3.60. The zero-order chi connectivity index (χ0) is 25.9. The molecular formula is C32H26N4OS. The van der Waals surface area contributed by atoms with E-state index in [-0.39, 0.29) is 5.70 Å². The van der Waals surface area contributed by atoms with Crippen LogP contribution in [0.25, 0.3) is 27.9 Å². The lowest BCUT2D eigenvalue weighted by atomic mass is 9.98. The third kappa shape index (κ3) is 4.56. The number of benzene rings is 2. The van der Waals surface area contributed by atoms with Gasteiger partial charge >= 0.3 is 0 Å². The van der Waals surface area contributed by atoms with Crippen molar-refractivity contribution in [3.63, 3.8) is 0 Å². The molecule has 6 rings (SSSR count). The molecule has 0 atom stereocenters. The molecule has 38 heavy (non-hydrogen) atoms. The van der Waals surface area contributed by atoms with Crippen LogP contribution in [0, 0.1) is 17.9 Å². The highest BCUT2D eigenvalue weighted by atomic mass is 32.1. The highest BCUT2D eigenvalue weighted by molar-refractivity contribution is 7.17. The van der Waals surface area contributed by atoms with Crippen LogP contribution < -0.4 is 4.90 Å². The monoisotopic (exact) mass is 514 g/mol. The van der Waals surface area contributed by atoms with Gasteiger partial charge in [0.15, 0.2) is 5.13 Å². The first-order chi connectivity index (χ1) is 18.7. The minimum atomic E-state index is 0.102. The Kier molecular flexibility index (Phi) is 6.65. The summed E-state index contributed by atoms with van der Waals surface area (Å²) in [5, 5.41) is 10.8. The van der Waals surface area contributed by atoms with E-state index >= 15 is 0 Å². The van der Waals surface area contributed by atoms with E-state index < -0.39 is 0 Å². The molecule has 3 aromatic rings. The summed E-state index contributed by atoms with van der Waals surface area (Å²) in [6.07, 6.45) is 9.26. The number of allylic oxidation sites excluding steroid dienone is 5. The molecule has 1 aromatic heterocycles. The second kappa shape index (κ2) is 10.5. The molecule has 5 nitrogen and oxygen atoms in total. The van der Waals surface area contributed by atoms with Crippen molar-refractivity contribution in [2.75, 3.05) is 18.0 Å². The summed E-state index contributed by atoms with van der Waals surface area (Å²) in [7, 11) is 0. The highest BCUT2D eigenvalue weighted by Gasteiger charge is 2.31. The largest absolute Gasteiger partial charge is 0.456 e. The van der Waals surface area contributed by atoms with Crippen molar-refractivity contribution in [3.8, 4) is 17.3 Å². The number of ether oxygens (including phenoxy) is 1. The Morgan fingerprint density at radius 1 is 1.00 bits per heavy atom. The molecule has 186 valence electrons. The molecule has 0 unspecified atom stereocenters. The molecule has 0 N–H and O–H groups in total. The van der Waals surface area contributed by atoms with Crippen LogP contribution in [-0.4, -0.2) is 18.1 Å². The van der Waals surface area contributed by atoms with Crippen LogP contribution in [0.2, 0.25) is 0 Å². The number of nitrogens with zero attached hydrogens (tertiary/aromatic N) is 4. The van der Waals surface area contributed by atoms with Gasteiger partial charge in [0.05, 0.1) is 23.2 Å². The van der Waals surface area contributed by atoms with Crippen LogP contribution in [0.1, 0.15) is 42.5 Å². The molecule has 6 heteroatoms. The van der Waals surface area contributed by atoms with Gasteiger partial charge in [-0.3, -0.25) is 0 Å². The third-order valence-corrected chi connectivity index (χ3v) is 8.24. The standard InChI is InChI=1S/C32H26N4OS/c1-34-27(21-33)26-20-28(22-11-5-2-6-12-22)37-31-24(15-16-25(26)31)19-29-30(23-13-7-3-8-14-23)35-32(38-29)36-17-9-4-10-18-36/h2-3,5-8,11-14,19-20H,4,9-10,15-18H2/b24-19+,27-26+. The van der Waals surface area contributed by atoms with Gasteiger partial charge in [-0.25, -0.2) is 15.1 Å². The van der Waals surface area contributed by atoms with Gasteiger partial charge in [-0.15, -0.1) is 0 Å². The number of anilines is 1. The van der Waals surface area contributed by atoms with Crippen molar-refractivity contribution in [2.45, 2.75) is 32.1 Å².